The van der Waals surface area contributed by atoms with Gasteiger partial charge in [0.15, 0.2) is 18.4 Å². The SMILES string of the molecule is CO[C@H]1O[C@@H]2CO[C@@H](c3ccccc3)O[C@H]2C(=O)[C@H]1NC(=O)c1ccc(Cl)cc1. The molecule has 2 aliphatic heterocycles. The van der Waals surface area contributed by atoms with Crippen LogP contribution in [-0.4, -0.2) is 49.9 Å². The molecule has 1 amide bonds. The van der Waals surface area contributed by atoms with Crippen LogP contribution in [-0.2, 0) is 23.7 Å². The molecule has 1 N–H and O–H groups in total. The number of rotatable bonds is 4. The van der Waals surface area contributed by atoms with Crippen LogP contribution in [0, 0.1) is 0 Å². The second-order valence-electron chi connectivity index (χ2n) is 6.77. The molecule has 2 saturated heterocycles. The first kappa shape index (κ1) is 20.0. The van der Waals surface area contributed by atoms with Crippen LogP contribution in [0.5, 0.6) is 0 Å². The predicted molar refractivity (Wildman–Crippen MR) is 103 cm³/mol. The summed E-state index contributed by atoms with van der Waals surface area (Å²) in [6.07, 6.45) is -3.12. The van der Waals surface area contributed by atoms with E-state index in [4.69, 9.17) is 30.5 Å². The molecule has 4 rings (SSSR count). The average molecular weight is 418 g/mol. The van der Waals surface area contributed by atoms with Crippen molar-refractivity contribution >= 4 is 23.3 Å². The minimum Gasteiger partial charge on any atom is -0.353 e. The van der Waals surface area contributed by atoms with Crippen molar-refractivity contribution < 1.29 is 28.5 Å². The largest absolute Gasteiger partial charge is 0.353 e. The highest BCUT2D eigenvalue weighted by molar-refractivity contribution is 6.30. The number of amides is 1. The zero-order valence-electron chi connectivity index (χ0n) is 15.6. The Morgan fingerprint density at radius 3 is 2.52 bits per heavy atom. The van der Waals surface area contributed by atoms with E-state index in [0.29, 0.717) is 10.6 Å². The summed E-state index contributed by atoms with van der Waals surface area (Å²) in [6, 6.07) is 14.7. The summed E-state index contributed by atoms with van der Waals surface area (Å²) in [5.41, 5.74) is 1.17. The maximum atomic E-state index is 13.2. The third-order valence-corrected chi connectivity index (χ3v) is 5.14. The molecule has 0 bridgehead atoms. The lowest BCUT2D eigenvalue weighted by molar-refractivity contribution is -0.302. The van der Waals surface area contributed by atoms with Crippen LogP contribution < -0.4 is 5.32 Å². The Balaban J connectivity index is 1.51. The summed E-state index contributed by atoms with van der Waals surface area (Å²) >= 11 is 5.86. The molecule has 2 aliphatic rings. The molecule has 5 atom stereocenters. The summed E-state index contributed by atoms with van der Waals surface area (Å²) in [6.45, 7) is 0.174. The Morgan fingerprint density at radius 2 is 1.83 bits per heavy atom. The highest BCUT2D eigenvalue weighted by Gasteiger charge is 2.50. The highest BCUT2D eigenvalue weighted by atomic mass is 35.5. The number of hydrogen-bond donors (Lipinski definition) is 1. The Labute approximate surface area is 172 Å². The lowest BCUT2D eigenvalue weighted by atomic mass is 9.97. The van der Waals surface area contributed by atoms with E-state index in [0.717, 1.165) is 5.56 Å². The Kier molecular flexibility index (Phi) is 5.94. The first-order valence-electron chi connectivity index (χ1n) is 9.17. The third kappa shape index (κ3) is 4.19. The molecule has 0 aromatic heterocycles. The van der Waals surface area contributed by atoms with Gasteiger partial charge in [0.1, 0.15) is 18.2 Å². The van der Waals surface area contributed by atoms with Crippen LogP contribution >= 0.6 is 11.6 Å². The lowest BCUT2D eigenvalue weighted by Crippen LogP contribution is -2.64. The minimum absolute atomic E-state index is 0.174. The molecule has 0 radical (unpaired) electrons. The number of benzene rings is 2. The third-order valence-electron chi connectivity index (χ3n) is 4.88. The fourth-order valence-electron chi connectivity index (χ4n) is 3.39. The minimum atomic E-state index is -1.01. The summed E-state index contributed by atoms with van der Waals surface area (Å²) < 4.78 is 22.7. The van der Waals surface area contributed by atoms with E-state index in [9.17, 15) is 9.59 Å². The van der Waals surface area contributed by atoms with Crippen LogP contribution in [0.15, 0.2) is 54.6 Å². The average Bonchev–Trinajstić information content (AvgIpc) is 2.76. The van der Waals surface area contributed by atoms with Gasteiger partial charge in [-0.25, -0.2) is 0 Å². The molecule has 2 heterocycles. The number of ether oxygens (including phenoxy) is 4. The van der Waals surface area contributed by atoms with Crippen molar-refractivity contribution in [3.05, 3.63) is 70.7 Å². The van der Waals surface area contributed by atoms with Crippen LogP contribution in [0.4, 0.5) is 0 Å². The fraction of sp³-hybridized carbons (Fsp3) is 0.333. The van der Waals surface area contributed by atoms with Gasteiger partial charge >= 0.3 is 0 Å². The van der Waals surface area contributed by atoms with Gasteiger partial charge in [-0.3, -0.25) is 9.59 Å². The van der Waals surface area contributed by atoms with Gasteiger partial charge in [-0.15, -0.1) is 0 Å². The topological polar surface area (TPSA) is 83.1 Å². The van der Waals surface area contributed by atoms with Crippen molar-refractivity contribution in [1.29, 1.82) is 0 Å². The molecule has 0 unspecified atom stereocenters. The number of fused-ring (bicyclic) bond motifs is 1. The maximum absolute atomic E-state index is 13.2. The Bertz CT molecular complexity index is 874. The molecular formula is C21H20ClNO6. The van der Waals surface area contributed by atoms with Crippen molar-refractivity contribution in [2.45, 2.75) is 30.8 Å². The molecule has 2 aromatic carbocycles. The van der Waals surface area contributed by atoms with E-state index in [1.807, 2.05) is 30.3 Å². The number of ketones is 1. The van der Waals surface area contributed by atoms with Crippen molar-refractivity contribution in [2.24, 2.45) is 0 Å². The van der Waals surface area contributed by atoms with Gasteiger partial charge in [0, 0.05) is 23.3 Å². The quantitative estimate of drug-likeness (QED) is 0.823. The second-order valence-corrected chi connectivity index (χ2v) is 7.21. The molecule has 0 aliphatic carbocycles. The van der Waals surface area contributed by atoms with E-state index in [-0.39, 0.29) is 12.4 Å². The van der Waals surface area contributed by atoms with Gasteiger partial charge < -0.3 is 24.3 Å². The summed E-state index contributed by atoms with van der Waals surface area (Å²) in [5.74, 6) is -0.754. The highest BCUT2D eigenvalue weighted by Crippen LogP contribution is 2.32. The summed E-state index contributed by atoms with van der Waals surface area (Å²) in [5, 5.41) is 3.20. The Hall–Kier alpha value is -2.29. The first-order valence-corrected chi connectivity index (χ1v) is 9.55. The molecule has 0 saturated carbocycles. The van der Waals surface area contributed by atoms with Gasteiger partial charge in [-0.05, 0) is 24.3 Å². The smallest absolute Gasteiger partial charge is 0.252 e. The predicted octanol–water partition coefficient (Wildman–Crippen LogP) is 2.49. The standard InChI is InChI=1S/C21H20ClNO6/c1-26-21-16(23-19(25)12-7-9-14(22)10-8-12)17(24)18-15(28-21)11-27-20(29-18)13-5-3-2-4-6-13/h2-10,15-16,18,20-21H,11H2,1H3,(H,23,25)/t15-,16-,18-,20-,21+/m1/s1. The van der Waals surface area contributed by atoms with Gasteiger partial charge in [-0.1, -0.05) is 41.9 Å². The van der Waals surface area contributed by atoms with E-state index >= 15 is 0 Å². The van der Waals surface area contributed by atoms with Crippen molar-refractivity contribution in [1.82, 2.24) is 5.32 Å². The molecule has 0 spiro atoms. The number of Topliss-reactive ketones (excluding diaryl/α,β-unsaturated/α-hetero) is 1. The zero-order valence-corrected chi connectivity index (χ0v) is 16.4. The van der Waals surface area contributed by atoms with Gasteiger partial charge in [0.2, 0.25) is 0 Å². The molecule has 2 fully saturated rings. The van der Waals surface area contributed by atoms with Crippen molar-refractivity contribution in [3.8, 4) is 0 Å². The number of carbonyl (C=O) groups excluding carboxylic acids is 2. The van der Waals surface area contributed by atoms with Crippen LogP contribution in [0.1, 0.15) is 22.2 Å². The number of hydrogen-bond acceptors (Lipinski definition) is 6. The van der Waals surface area contributed by atoms with Crippen LogP contribution in [0.3, 0.4) is 0 Å². The number of halogens is 1. The van der Waals surface area contributed by atoms with Gasteiger partial charge in [-0.2, -0.15) is 0 Å². The van der Waals surface area contributed by atoms with Crippen molar-refractivity contribution in [2.75, 3.05) is 13.7 Å². The monoisotopic (exact) mass is 417 g/mol. The normalized spacial score (nSPS) is 29.2. The van der Waals surface area contributed by atoms with E-state index in [2.05, 4.69) is 5.32 Å². The maximum Gasteiger partial charge on any atom is 0.252 e. The van der Waals surface area contributed by atoms with Gasteiger partial charge in [0.05, 0.1) is 6.61 Å². The molecule has 7 nitrogen and oxygen atoms in total. The van der Waals surface area contributed by atoms with Crippen LogP contribution in [0.25, 0.3) is 0 Å². The van der Waals surface area contributed by atoms with E-state index in [1.165, 1.54) is 7.11 Å². The van der Waals surface area contributed by atoms with Crippen LogP contribution in [0.2, 0.25) is 5.02 Å². The second kappa shape index (κ2) is 8.61. The molecule has 152 valence electrons. The molecule has 29 heavy (non-hydrogen) atoms. The molecular weight excluding hydrogens is 398 g/mol. The fourth-order valence-corrected chi connectivity index (χ4v) is 3.52. The molecule has 2 aromatic rings. The van der Waals surface area contributed by atoms with Gasteiger partial charge in [0.25, 0.3) is 5.91 Å². The lowest BCUT2D eigenvalue weighted by Gasteiger charge is -2.43. The summed E-state index contributed by atoms with van der Waals surface area (Å²) in [7, 11) is 1.41. The number of carbonyl (C=O) groups is 2. The molecule has 8 heteroatoms. The van der Waals surface area contributed by atoms with Crippen molar-refractivity contribution in [3.63, 3.8) is 0 Å². The van der Waals surface area contributed by atoms with E-state index < -0.39 is 36.7 Å². The zero-order chi connectivity index (χ0) is 20.4. The number of nitrogens with one attached hydrogen (secondary N) is 1. The summed E-state index contributed by atoms with van der Waals surface area (Å²) in [4.78, 5) is 25.7. The first-order chi connectivity index (χ1) is 14.1. The Morgan fingerprint density at radius 1 is 1.10 bits per heavy atom. The number of methoxy groups -OCH3 is 1. The van der Waals surface area contributed by atoms with E-state index in [1.54, 1.807) is 24.3 Å².